The van der Waals surface area contributed by atoms with Gasteiger partial charge in [-0.1, -0.05) is 34.6 Å². The first-order valence-electron chi connectivity index (χ1n) is 7.81. The maximum atomic E-state index is 12.4. The fraction of sp³-hybridized carbons (Fsp3) is 0.941. The van der Waals surface area contributed by atoms with E-state index in [0.717, 1.165) is 37.0 Å². The van der Waals surface area contributed by atoms with E-state index in [0.29, 0.717) is 28.4 Å². The number of hydrogen-bond donors (Lipinski definition) is 0. The number of fused-ring (bicyclic) bond motifs is 2. The van der Waals surface area contributed by atoms with E-state index in [1.807, 2.05) is 0 Å². The van der Waals surface area contributed by atoms with Gasteiger partial charge in [-0.25, -0.2) is 0 Å². The molecule has 0 aromatic carbocycles. The van der Waals surface area contributed by atoms with Gasteiger partial charge in [0.2, 0.25) is 0 Å². The lowest BCUT2D eigenvalue weighted by molar-refractivity contribution is -0.137. The number of carbonyl (C=O) groups excluding carboxylic acids is 1. The van der Waals surface area contributed by atoms with E-state index < -0.39 is 0 Å². The Morgan fingerprint density at radius 3 is 2.39 bits per heavy atom. The van der Waals surface area contributed by atoms with Crippen LogP contribution in [0, 0.1) is 40.4 Å². The van der Waals surface area contributed by atoms with Crippen LogP contribution in [0.4, 0.5) is 0 Å². The van der Waals surface area contributed by atoms with Gasteiger partial charge in [0, 0.05) is 12.3 Å². The molecule has 0 aromatic heterocycles. The molecule has 3 aliphatic carbocycles. The molecule has 0 N–H and O–H groups in total. The molecule has 18 heavy (non-hydrogen) atoms. The van der Waals surface area contributed by atoms with Crippen molar-refractivity contribution >= 4 is 5.78 Å². The first-order valence-corrected chi connectivity index (χ1v) is 7.81. The van der Waals surface area contributed by atoms with Crippen molar-refractivity contribution in [3.8, 4) is 0 Å². The molecule has 6 atom stereocenters. The third kappa shape index (κ3) is 1.48. The molecule has 3 saturated carbocycles. The SMILES string of the molecule is CC1CC2C(CC2(C)C)C(=O)CCC2C(C)C12C. The molecule has 0 spiro atoms. The number of rotatable bonds is 0. The van der Waals surface area contributed by atoms with Gasteiger partial charge in [-0.2, -0.15) is 0 Å². The summed E-state index contributed by atoms with van der Waals surface area (Å²) in [5.41, 5.74) is 0.934. The van der Waals surface area contributed by atoms with Gasteiger partial charge in [-0.05, 0) is 53.8 Å². The van der Waals surface area contributed by atoms with Crippen LogP contribution >= 0.6 is 0 Å². The lowest BCUT2D eigenvalue weighted by atomic mass is 9.52. The summed E-state index contributed by atoms with van der Waals surface area (Å²) in [6.07, 6.45) is 4.43. The zero-order valence-corrected chi connectivity index (χ0v) is 12.6. The first kappa shape index (κ1) is 12.7. The zero-order valence-electron chi connectivity index (χ0n) is 12.6. The van der Waals surface area contributed by atoms with Crippen LogP contribution in [0.2, 0.25) is 0 Å². The van der Waals surface area contributed by atoms with Crippen molar-refractivity contribution in [2.45, 2.75) is 60.3 Å². The second-order valence-electron chi connectivity index (χ2n) is 8.31. The molecule has 0 aromatic rings. The van der Waals surface area contributed by atoms with Crippen LogP contribution < -0.4 is 0 Å². The second kappa shape index (κ2) is 3.61. The fourth-order valence-corrected chi connectivity index (χ4v) is 5.42. The Hall–Kier alpha value is -0.330. The normalized spacial score (nSPS) is 54.3. The molecule has 6 unspecified atom stereocenters. The van der Waals surface area contributed by atoms with Crippen molar-refractivity contribution < 1.29 is 4.79 Å². The molecule has 3 fully saturated rings. The molecule has 3 rings (SSSR count). The Kier molecular flexibility index (Phi) is 2.55. The molecule has 1 nitrogen and oxygen atoms in total. The molecule has 0 aliphatic heterocycles. The Morgan fingerprint density at radius 1 is 1.11 bits per heavy atom. The molecular formula is C17H28O. The number of Topliss-reactive ketones (excluding diaryl/α,β-unsaturated/α-hetero) is 1. The summed E-state index contributed by atoms with van der Waals surface area (Å²) < 4.78 is 0. The van der Waals surface area contributed by atoms with E-state index in [1.54, 1.807) is 0 Å². The van der Waals surface area contributed by atoms with Crippen molar-refractivity contribution in [1.29, 1.82) is 0 Å². The van der Waals surface area contributed by atoms with Crippen molar-refractivity contribution in [1.82, 2.24) is 0 Å². The highest BCUT2D eigenvalue weighted by atomic mass is 16.1. The quantitative estimate of drug-likeness (QED) is 0.624. The first-order chi connectivity index (χ1) is 8.28. The minimum atomic E-state index is 0.402. The smallest absolute Gasteiger partial charge is 0.136 e. The van der Waals surface area contributed by atoms with Crippen LogP contribution in [0.3, 0.4) is 0 Å². The lowest BCUT2D eigenvalue weighted by Crippen LogP contribution is -2.48. The van der Waals surface area contributed by atoms with Crippen LogP contribution in [0.1, 0.15) is 60.3 Å². The number of ketones is 1. The molecule has 1 heteroatoms. The van der Waals surface area contributed by atoms with Crippen molar-refractivity contribution in [3.63, 3.8) is 0 Å². The van der Waals surface area contributed by atoms with Crippen molar-refractivity contribution in [2.75, 3.05) is 0 Å². The van der Waals surface area contributed by atoms with Crippen molar-refractivity contribution in [2.24, 2.45) is 40.4 Å². The van der Waals surface area contributed by atoms with Crippen LogP contribution in [-0.4, -0.2) is 5.78 Å². The van der Waals surface area contributed by atoms with Gasteiger partial charge in [-0.3, -0.25) is 4.79 Å². The lowest BCUT2D eigenvalue weighted by Gasteiger charge is -2.52. The maximum absolute atomic E-state index is 12.4. The Morgan fingerprint density at radius 2 is 1.78 bits per heavy atom. The van der Waals surface area contributed by atoms with E-state index in [2.05, 4.69) is 34.6 Å². The summed E-state index contributed by atoms with van der Waals surface area (Å²) >= 11 is 0. The predicted octanol–water partition coefficient (Wildman–Crippen LogP) is 4.31. The Balaban J connectivity index is 1.85. The highest BCUT2D eigenvalue weighted by Gasteiger charge is 2.63. The second-order valence-corrected chi connectivity index (χ2v) is 8.31. The van der Waals surface area contributed by atoms with Gasteiger partial charge in [0.25, 0.3) is 0 Å². The van der Waals surface area contributed by atoms with Crippen molar-refractivity contribution in [3.05, 3.63) is 0 Å². The van der Waals surface area contributed by atoms with Crippen LogP contribution in [-0.2, 0) is 4.79 Å². The van der Waals surface area contributed by atoms with Gasteiger partial charge in [0.15, 0.2) is 0 Å². The van der Waals surface area contributed by atoms with Crippen LogP contribution in [0.5, 0.6) is 0 Å². The average molecular weight is 248 g/mol. The summed E-state index contributed by atoms with van der Waals surface area (Å²) in [6.45, 7) is 12.0. The number of carbonyl (C=O) groups is 1. The van der Waals surface area contributed by atoms with E-state index in [1.165, 1.54) is 6.42 Å². The van der Waals surface area contributed by atoms with Gasteiger partial charge in [0.1, 0.15) is 5.78 Å². The number of hydrogen-bond acceptors (Lipinski definition) is 1. The van der Waals surface area contributed by atoms with E-state index in [-0.39, 0.29) is 0 Å². The van der Waals surface area contributed by atoms with Crippen LogP contribution in [0.25, 0.3) is 0 Å². The fourth-order valence-electron chi connectivity index (χ4n) is 5.42. The zero-order chi connectivity index (χ0) is 13.3. The summed E-state index contributed by atoms with van der Waals surface area (Å²) in [5.74, 6) is 4.07. The largest absolute Gasteiger partial charge is 0.299 e. The molecule has 0 bridgehead atoms. The highest BCUT2D eigenvalue weighted by Crippen LogP contribution is 2.68. The molecule has 0 heterocycles. The third-order valence-corrected chi connectivity index (χ3v) is 7.29. The van der Waals surface area contributed by atoms with Gasteiger partial charge < -0.3 is 0 Å². The van der Waals surface area contributed by atoms with Gasteiger partial charge >= 0.3 is 0 Å². The Bertz CT molecular complexity index is 383. The van der Waals surface area contributed by atoms with E-state index in [4.69, 9.17) is 0 Å². The monoisotopic (exact) mass is 248 g/mol. The molecule has 102 valence electrons. The molecular weight excluding hydrogens is 220 g/mol. The molecule has 0 saturated heterocycles. The summed E-state index contributed by atoms with van der Waals surface area (Å²) in [4.78, 5) is 12.4. The molecule has 0 radical (unpaired) electrons. The third-order valence-electron chi connectivity index (χ3n) is 7.29. The average Bonchev–Trinajstić information content (AvgIpc) is 2.82. The topological polar surface area (TPSA) is 17.1 Å². The minimum absolute atomic E-state index is 0.402. The molecule has 0 amide bonds. The minimum Gasteiger partial charge on any atom is -0.299 e. The summed E-state index contributed by atoms with van der Waals surface area (Å²) in [6, 6.07) is 0. The van der Waals surface area contributed by atoms with Gasteiger partial charge in [0.05, 0.1) is 0 Å². The summed E-state index contributed by atoms with van der Waals surface area (Å²) in [7, 11) is 0. The summed E-state index contributed by atoms with van der Waals surface area (Å²) in [5, 5.41) is 0. The standard InChI is InChI=1S/C17H28O/c1-10-8-14-12(9-16(14,3)4)15(18)7-6-13-11(2)17(10,13)5/h10-14H,6-9H2,1-5H3. The van der Waals surface area contributed by atoms with Gasteiger partial charge in [-0.15, -0.1) is 0 Å². The van der Waals surface area contributed by atoms with Crippen LogP contribution in [0.15, 0.2) is 0 Å². The van der Waals surface area contributed by atoms with E-state index >= 15 is 0 Å². The Labute approximate surface area is 112 Å². The van der Waals surface area contributed by atoms with E-state index in [9.17, 15) is 4.79 Å². The molecule has 3 aliphatic rings. The maximum Gasteiger partial charge on any atom is 0.136 e. The predicted molar refractivity (Wildman–Crippen MR) is 74.2 cm³/mol. The highest BCUT2D eigenvalue weighted by molar-refractivity contribution is 5.82.